The van der Waals surface area contributed by atoms with Gasteiger partial charge in [0.25, 0.3) is 5.91 Å². The predicted octanol–water partition coefficient (Wildman–Crippen LogP) is 6.01. The molecule has 2 aromatic heterocycles. The molecule has 0 bridgehead atoms. The van der Waals surface area contributed by atoms with Crippen molar-refractivity contribution in [3.8, 4) is 34.0 Å². The van der Waals surface area contributed by atoms with Crippen molar-refractivity contribution in [2.24, 2.45) is 0 Å². The Kier molecular flexibility index (Phi) is 7.97. The summed E-state index contributed by atoms with van der Waals surface area (Å²) in [6.07, 6.45) is 0.928. The number of anilines is 1. The summed E-state index contributed by atoms with van der Waals surface area (Å²) in [5, 5.41) is 4.87. The zero-order chi connectivity index (χ0) is 28.1. The molecule has 9 nitrogen and oxygen atoms in total. The van der Waals surface area contributed by atoms with Gasteiger partial charge in [-0.15, -0.1) is 11.3 Å². The molecule has 3 aromatic carbocycles. The van der Waals surface area contributed by atoms with Crippen LogP contribution in [0, 0.1) is 0 Å². The summed E-state index contributed by atoms with van der Waals surface area (Å²) in [7, 11) is 3.23. The van der Waals surface area contributed by atoms with Gasteiger partial charge in [0.05, 0.1) is 42.2 Å². The fourth-order valence-corrected chi connectivity index (χ4v) is 4.60. The van der Waals surface area contributed by atoms with Crippen molar-refractivity contribution in [1.82, 2.24) is 15.0 Å². The number of carbonyl (C=O) groups excluding carboxylic acids is 2. The fourth-order valence-electron chi connectivity index (χ4n) is 4.07. The number of methoxy groups -OCH3 is 2. The summed E-state index contributed by atoms with van der Waals surface area (Å²) in [5.41, 5.74) is 4.40. The summed E-state index contributed by atoms with van der Waals surface area (Å²) in [4.78, 5) is 39.5. The van der Waals surface area contributed by atoms with Gasteiger partial charge in [-0.2, -0.15) is 0 Å². The number of nitrogens with zero attached hydrogens (tertiary/aromatic N) is 3. The van der Waals surface area contributed by atoms with E-state index in [1.165, 1.54) is 11.3 Å². The minimum absolute atomic E-state index is 0.264. The van der Waals surface area contributed by atoms with E-state index in [-0.39, 0.29) is 5.56 Å². The van der Waals surface area contributed by atoms with Crippen LogP contribution in [-0.4, -0.2) is 47.2 Å². The first-order valence-electron chi connectivity index (χ1n) is 12.5. The molecular formula is C30H26N4O5S. The van der Waals surface area contributed by atoms with Gasteiger partial charge in [0.1, 0.15) is 11.5 Å². The van der Waals surface area contributed by atoms with Crippen LogP contribution in [0.15, 0.2) is 78.3 Å². The van der Waals surface area contributed by atoms with Gasteiger partial charge in [-0.1, -0.05) is 6.92 Å². The van der Waals surface area contributed by atoms with Crippen molar-refractivity contribution in [1.29, 1.82) is 0 Å². The lowest BCUT2D eigenvalue weighted by Crippen LogP contribution is -2.32. The molecule has 0 fully saturated rings. The van der Waals surface area contributed by atoms with Crippen molar-refractivity contribution in [2.45, 2.75) is 19.4 Å². The lowest BCUT2D eigenvalue weighted by Gasteiger charge is -2.15. The molecule has 0 radical (unpaired) electrons. The van der Waals surface area contributed by atoms with E-state index >= 15 is 0 Å². The monoisotopic (exact) mass is 554 g/mol. The van der Waals surface area contributed by atoms with Crippen LogP contribution in [0.2, 0.25) is 0 Å². The number of hydrogen-bond acceptors (Lipinski definition) is 9. The van der Waals surface area contributed by atoms with E-state index in [2.05, 4.69) is 10.3 Å². The summed E-state index contributed by atoms with van der Waals surface area (Å²) in [6.45, 7) is 1.77. The molecule has 5 rings (SSSR count). The van der Waals surface area contributed by atoms with Crippen molar-refractivity contribution in [3.63, 3.8) is 0 Å². The number of aromatic nitrogens is 3. The highest BCUT2D eigenvalue weighted by atomic mass is 32.1. The zero-order valence-corrected chi connectivity index (χ0v) is 22.9. The Bertz CT molecular complexity index is 1640. The molecule has 202 valence electrons. The second-order valence-corrected chi connectivity index (χ2v) is 9.60. The normalized spacial score (nSPS) is 11.6. The SMILES string of the molecule is CCC(OC(=O)c1ccc2nc(-c3ccc(OC)cc3)c(-c3ccc(OC)cc3)nc2c1)C(=O)Nc1nccs1. The standard InChI is InChI=1S/C30H26N4O5S/c1-4-25(28(35)34-30-31-15-16-40-30)39-29(36)20-9-14-23-24(17-20)33-27(19-7-12-22(38-3)13-8-19)26(32-23)18-5-10-21(37-2)11-6-18/h5-17,25H,4H2,1-3H3,(H,31,34,35). The Morgan fingerprint density at radius 2 is 1.45 bits per heavy atom. The lowest BCUT2D eigenvalue weighted by atomic mass is 10.0. The molecule has 40 heavy (non-hydrogen) atoms. The van der Waals surface area contributed by atoms with Crippen molar-refractivity contribution >= 4 is 39.4 Å². The van der Waals surface area contributed by atoms with Gasteiger partial charge in [-0.25, -0.2) is 19.7 Å². The predicted molar refractivity (Wildman–Crippen MR) is 154 cm³/mol. The molecular weight excluding hydrogens is 528 g/mol. The number of amides is 1. The third-order valence-corrected chi connectivity index (χ3v) is 6.89. The van der Waals surface area contributed by atoms with Gasteiger partial charge >= 0.3 is 5.97 Å². The number of nitrogens with one attached hydrogen (secondary N) is 1. The molecule has 2 heterocycles. The molecule has 5 aromatic rings. The van der Waals surface area contributed by atoms with E-state index in [0.29, 0.717) is 34.0 Å². The van der Waals surface area contributed by atoms with Gasteiger partial charge in [0, 0.05) is 22.7 Å². The highest BCUT2D eigenvalue weighted by Crippen LogP contribution is 2.33. The third kappa shape index (κ3) is 5.76. The summed E-state index contributed by atoms with van der Waals surface area (Å²) in [6, 6.07) is 20.1. The molecule has 1 atom stereocenters. The van der Waals surface area contributed by atoms with E-state index < -0.39 is 18.0 Å². The summed E-state index contributed by atoms with van der Waals surface area (Å²) in [5.74, 6) is 0.391. The Labute approximate surface area is 234 Å². The third-order valence-electron chi connectivity index (χ3n) is 6.20. The van der Waals surface area contributed by atoms with Crippen LogP contribution in [0.1, 0.15) is 23.7 Å². The molecule has 1 unspecified atom stereocenters. The van der Waals surface area contributed by atoms with Gasteiger partial charge in [-0.3, -0.25) is 10.1 Å². The van der Waals surface area contributed by atoms with Crippen LogP contribution in [0.25, 0.3) is 33.5 Å². The summed E-state index contributed by atoms with van der Waals surface area (Å²) < 4.78 is 16.2. The van der Waals surface area contributed by atoms with Crippen LogP contribution >= 0.6 is 11.3 Å². The number of benzene rings is 3. The molecule has 0 aliphatic carbocycles. The van der Waals surface area contributed by atoms with Crippen LogP contribution in [0.5, 0.6) is 11.5 Å². The average molecular weight is 555 g/mol. The van der Waals surface area contributed by atoms with Crippen LogP contribution in [0.4, 0.5) is 5.13 Å². The number of hydrogen-bond donors (Lipinski definition) is 1. The topological polar surface area (TPSA) is 113 Å². The van der Waals surface area contributed by atoms with E-state index in [4.69, 9.17) is 24.2 Å². The summed E-state index contributed by atoms with van der Waals surface area (Å²) >= 11 is 1.29. The second kappa shape index (κ2) is 11.9. The molecule has 1 amide bonds. The molecule has 0 saturated heterocycles. The second-order valence-electron chi connectivity index (χ2n) is 8.71. The van der Waals surface area contributed by atoms with Crippen molar-refractivity contribution < 1.29 is 23.8 Å². The Balaban J connectivity index is 1.49. The lowest BCUT2D eigenvalue weighted by molar-refractivity contribution is -0.124. The van der Waals surface area contributed by atoms with Crippen LogP contribution in [0.3, 0.4) is 0 Å². The minimum Gasteiger partial charge on any atom is -0.497 e. The molecule has 10 heteroatoms. The first kappa shape index (κ1) is 26.8. The van der Waals surface area contributed by atoms with Crippen molar-refractivity contribution in [2.75, 3.05) is 19.5 Å². The Morgan fingerprint density at radius 1 is 0.850 bits per heavy atom. The molecule has 0 aliphatic heterocycles. The number of fused-ring (bicyclic) bond motifs is 1. The van der Waals surface area contributed by atoms with E-state index in [1.54, 1.807) is 50.9 Å². The molecule has 0 aliphatic rings. The van der Waals surface area contributed by atoms with Gasteiger partial charge in [-0.05, 0) is 73.2 Å². The number of ether oxygens (including phenoxy) is 3. The Morgan fingerprint density at radius 3 is 1.98 bits per heavy atom. The van der Waals surface area contributed by atoms with E-state index in [9.17, 15) is 9.59 Å². The number of esters is 1. The van der Waals surface area contributed by atoms with E-state index in [1.807, 2.05) is 48.5 Å². The van der Waals surface area contributed by atoms with Crippen LogP contribution in [-0.2, 0) is 9.53 Å². The maximum atomic E-state index is 13.0. The number of thiazole rings is 1. The van der Waals surface area contributed by atoms with Gasteiger partial charge < -0.3 is 14.2 Å². The molecule has 0 saturated carbocycles. The maximum absolute atomic E-state index is 13.0. The first-order chi connectivity index (χ1) is 19.5. The maximum Gasteiger partial charge on any atom is 0.338 e. The smallest absolute Gasteiger partial charge is 0.338 e. The number of rotatable bonds is 9. The van der Waals surface area contributed by atoms with Gasteiger partial charge in [0.15, 0.2) is 11.2 Å². The number of carbonyl (C=O) groups is 2. The highest BCUT2D eigenvalue weighted by Gasteiger charge is 2.23. The zero-order valence-electron chi connectivity index (χ0n) is 22.1. The van der Waals surface area contributed by atoms with E-state index in [0.717, 1.165) is 22.6 Å². The van der Waals surface area contributed by atoms with Gasteiger partial charge in [0.2, 0.25) is 0 Å². The largest absolute Gasteiger partial charge is 0.497 e. The fraction of sp³-hybridized carbons (Fsp3) is 0.167. The quantitative estimate of drug-likeness (QED) is 0.220. The molecule has 0 spiro atoms. The highest BCUT2D eigenvalue weighted by molar-refractivity contribution is 7.13. The average Bonchev–Trinajstić information content (AvgIpc) is 3.52. The molecule has 1 N–H and O–H groups in total. The Hall–Kier alpha value is -4.83. The minimum atomic E-state index is -0.967. The first-order valence-corrected chi connectivity index (χ1v) is 13.4. The van der Waals surface area contributed by atoms with Crippen molar-refractivity contribution in [3.05, 3.63) is 83.9 Å². The van der Waals surface area contributed by atoms with Crippen LogP contribution < -0.4 is 14.8 Å².